The van der Waals surface area contributed by atoms with Gasteiger partial charge >= 0.3 is 6.09 Å². The number of nitrogens with one attached hydrogen (secondary N) is 2. The van der Waals surface area contributed by atoms with Crippen LogP contribution in [0.1, 0.15) is 50.0 Å². The third-order valence-corrected chi connectivity index (χ3v) is 5.40. The van der Waals surface area contributed by atoms with Crippen LogP contribution in [0.15, 0.2) is 36.4 Å². The largest absolute Gasteiger partial charge is 0.444 e. The van der Waals surface area contributed by atoms with E-state index in [1.54, 1.807) is 20.8 Å². The molecular formula is C22H28N4O3S. The standard InChI is InChI=1S/C22H28N4O3S/c1-14-16-12-17(30-19(16)26(25-14)15-10-8-7-9-11-15)18(27)24-22(5,6)13-23-20(28)29-21(2,3)4/h7-12H,13H2,1-6H3,(H,23,28)(H,24,27). The maximum atomic E-state index is 12.9. The Bertz CT molecular complexity index is 1060. The summed E-state index contributed by atoms with van der Waals surface area (Å²) in [6, 6.07) is 11.7. The van der Waals surface area contributed by atoms with Crippen molar-refractivity contribution in [2.75, 3.05) is 6.54 Å². The average Bonchev–Trinajstić information content (AvgIpc) is 3.20. The third kappa shape index (κ3) is 5.18. The first kappa shape index (κ1) is 21.8. The highest BCUT2D eigenvalue weighted by Crippen LogP contribution is 2.30. The van der Waals surface area contributed by atoms with Gasteiger partial charge in [0.25, 0.3) is 5.91 Å². The molecule has 1 aromatic carbocycles. The number of fused-ring (bicyclic) bond motifs is 1. The number of nitrogens with zero attached hydrogens (tertiary/aromatic N) is 2. The van der Waals surface area contributed by atoms with Gasteiger partial charge < -0.3 is 15.4 Å². The molecule has 2 aromatic heterocycles. The van der Waals surface area contributed by atoms with Gasteiger partial charge in [0.1, 0.15) is 10.4 Å². The quantitative estimate of drug-likeness (QED) is 0.630. The SMILES string of the molecule is Cc1nn(-c2ccccc2)c2sc(C(=O)NC(C)(C)CNC(=O)OC(C)(C)C)cc12. The Morgan fingerprint density at radius 3 is 2.43 bits per heavy atom. The van der Waals surface area contributed by atoms with E-state index in [1.807, 2.05) is 61.9 Å². The topological polar surface area (TPSA) is 85.3 Å². The molecule has 0 atom stereocenters. The lowest BCUT2D eigenvalue weighted by molar-refractivity contribution is 0.0510. The number of amides is 2. The molecule has 3 aromatic rings. The number of carbonyl (C=O) groups excluding carboxylic acids is 2. The number of hydrogen-bond acceptors (Lipinski definition) is 5. The fourth-order valence-corrected chi connectivity index (χ4v) is 4.00. The van der Waals surface area contributed by atoms with Crippen molar-refractivity contribution >= 4 is 33.6 Å². The summed E-state index contributed by atoms with van der Waals surface area (Å²) in [6.45, 7) is 11.3. The van der Waals surface area contributed by atoms with Crippen LogP contribution in [0.3, 0.4) is 0 Å². The molecule has 0 saturated heterocycles. The molecule has 3 rings (SSSR count). The van der Waals surface area contributed by atoms with E-state index in [2.05, 4.69) is 15.7 Å². The second-order valence-electron chi connectivity index (χ2n) is 8.86. The van der Waals surface area contributed by atoms with Gasteiger partial charge in [0.05, 0.1) is 21.8 Å². The summed E-state index contributed by atoms with van der Waals surface area (Å²) in [5, 5.41) is 11.3. The predicted molar refractivity (Wildman–Crippen MR) is 119 cm³/mol. The van der Waals surface area contributed by atoms with E-state index in [-0.39, 0.29) is 12.5 Å². The molecule has 0 radical (unpaired) electrons. The minimum Gasteiger partial charge on any atom is -0.444 e. The van der Waals surface area contributed by atoms with Crippen LogP contribution in [0.25, 0.3) is 15.9 Å². The number of hydrogen-bond donors (Lipinski definition) is 2. The summed E-state index contributed by atoms with van der Waals surface area (Å²) in [4.78, 5) is 26.3. The fourth-order valence-electron chi connectivity index (χ4n) is 2.92. The zero-order chi connectivity index (χ0) is 22.1. The minimum atomic E-state index is -0.648. The molecule has 2 N–H and O–H groups in total. The van der Waals surface area contributed by atoms with Crippen molar-refractivity contribution in [2.24, 2.45) is 0 Å². The normalized spacial score (nSPS) is 12.1. The van der Waals surface area contributed by atoms with Crippen molar-refractivity contribution in [3.05, 3.63) is 47.0 Å². The Morgan fingerprint density at radius 2 is 1.80 bits per heavy atom. The second-order valence-corrected chi connectivity index (χ2v) is 9.89. The van der Waals surface area contributed by atoms with Gasteiger partial charge in [-0.3, -0.25) is 4.79 Å². The molecule has 0 unspecified atom stereocenters. The summed E-state index contributed by atoms with van der Waals surface area (Å²) in [5.74, 6) is -0.189. The first-order chi connectivity index (χ1) is 14.0. The second kappa shape index (κ2) is 8.10. The Labute approximate surface area is 180 Å². The van der Waals surface area contributed by atoms with Crippen molar-refractivity contribution in [2.45, 2.75) is 52.7 Å². The molecule has 2 heterocycles. The molecule has 0 saturated carbocycles. The van der Waals surface area contributed by atoms with E-state index in [0.29, 0.717) is 4.88 Å². The average molecular weight is 429 g/mol. The first-order valence-electron chi connectivity index (χ1n) is 9.79. The molecule has 0 spiro atoms. The van der Waals surface area contributed by atoms with Gasteiger partial charge in [-0.15, -0.1) is 11.3 Å². The summed E-state index contributed by atoms with van der Waals surface area (Å²) in [5.41, 5.74) is 0.602. The fraction of sp³-hybridized carbons (Fsp3) is 0.409. The number of aryl methyl sites for hydroxylation is 1. The highest BCUT2D eigenvalue weighted by Gasteiger charge is 2.25. The highest BCUT2D eigenvalue weighted by molar-refractivity contribution is 7.20. The lowest BCUT2D eigenvalue weighted by atomic mass is 10.1. The molecule has 0 fully saturated rings. The highest BCUT2D eigenvalue weighted by atomic mass is 32.1. The Kier molecular flexibility index (Phi) is 5.90. The molecule has 0 aliphatic rings. The van der Waals surface area contributed by atoms with Crippen LogP contribution in [-0.2, 0) is 4.74 Å². The summed E-state index contributed by atoms with van der Waals surface area (Å²) in [6.07, 6.45) is -0.509. The molecule has 160 valence electrons. The van der Waals surface area contributed by atoms with Crippen molar-refractivity contribution in [1.82, 2.24) is 20.4 Å². The number of benzene rings is 1. The Balaban J connectivity index is 1.73. The number of para-hydroxylation sites is 1. The summed E-state index contributed by atoms with van der Waals surface area (Å²) in [7, 11) is 0. The number of aromatic nitrogens is 2. The number of carbonyl (C=O) groups is 2. The van der Waals surface area contributed by atoms with E-state index >= 15 is 0 Å². The van der Waals surface area contributed by atoms with E-state index in [1.165, 1.54) is 11.3 Å². The molecule has 0 bridgehead atoms. The van der Waals surface area contributed by atoms with Gasteiger partial charge in [-0.05, 0) is 59.7 Å². The van der Waals surface area contributed by atoms with Crippen LogP contribution in [-0.4, -0.2) is 39.5 Å². The van der Waals surface area contributed by atoms with Crippen molar-refractivity contribution in [1.29, 1.82) is 0 Å². The predicted octanol–water partition coefficient (Wildman–Crippen LogP) is 4.43. The van der Waals surface area contributed by atoms with Crippen LogP contribution in [0, 0.1) is 6.92 Å². The smallest absolute Gasteiger partial charge is 0.407 e. The van der Waals surface area contributed by atoms with E-state index in [0.717, 1.165) is 21.6 Å². The molecule has 30 heavy (non-hydrogen) atoms. The van der Waals surface area contributed by atoms with E-state index < -0.39 is 17.2 Å². The van der Waals surface area contributed by atoms with E-state index in [9.17, 15) is 9.59 Å². The summed E-state index contributed by atoms with van der Waals surface area (Å²) < 4.78 is 7.11. The van der Waals surface area contributed by atoms with Crippen LogP contribution in [0.2, 0.25) is 0 Å². The van der Waals surface area contributed by atoms with E-state index in [4.69, 9.17) is 4.74 Å². The van der Waals surface area contributed by atoms with Gasteiger partial charge in [0.15, 0.2) is 0 Å². The maximum absolute atomic E-state index is 12.9. The molecule has 7 nitrogen and oxygen atoms in total. The monoisotopic (exact) mass is 428 g/mol. The van der Waals surface area contributed by atoms with Crippen molar-refractivity contribution in [3.8, 4) is 5.69 Å². The molecule has 0 aliphatic heterocycles. The molecule has 0 aliphatic carbocycles. The van der Waals surface area contributed by atoms with Crippen LogP contribution in [0.4, 0.5) is 4.79 Å². The van der Waals surface area contributed by atoms with Gasteiger partial charge in [-0.25, -0.2) is 9.48 Å². The third-order valence-electron chi connectivity index (χ3n) is 4.29. The van der Waals surface area contributed by atoms with Crippen LogP contribution >= 0.6 is 11.3 Å². The zero-order valence-electron chi connectivity index (χ0n) is 18.2. The first-order valence-corrected chi connectivity index (χ1v) is 10.6. The van der Waals surface area contributed by atoms with Crippen molar-refractivity contribution < 1.29 is 14.3 Å². The lowest BCUT2D eigenvalue weighted by Gasteiger charge is -2.27. The minimum absolute atomic E-state index is 0.189. The number of rotatable bonds is 5. The molecular weight excluding hydrogens is 400 g/mol. The van der Waals surface area contributed by atoms with Crippen molar-refractivity contribution in [3.63, 3.8) is 0 Å². The summed E-state index contributed by atoms with van der Waals surface area (Å²) >= 11 is 1.40. The van der Waals surface area contributed by atoms with Crippen LogP contribution < -0.4 is 10.6 Å². The number of thiophene rings is 1. The number of ether oxygens (including phenoxy) is 1. The maximum Gasteiger partial charge on any atom is 0.407 e. The van der Waals surface area contributed by atoms with Crippen LogP contribution in [0.5, 0.6) is 0 Å². The Morgan fingerprint density at radius 1 is 1.13 bits per heavy atom. The Hall–Kier alpha value is -2.87. The number of alkyl carbamates (subject to hydrolysis) is 1. The van der Waals surface area contributed by atoms with Gasteiger partial charge in [0, 0.05) is 11.9 Å². The van der Waals surface area contributed by atoms with Gasteiger partial charge in [0.2, 0.25) is 0 Å². The van der Waals surface area contributed by atoms with Gasteiger partial charge in [-0.1, -0.05) is 18.2 Å². The molecule has 8 heteroatoms. The molecule has 2 amide bonds. The zero-order valence-corrected chi connectivity index (χ0v) is 19.0. The van der Waals surface area contributed by atoms with Gasteiger partial charge in [-0.2, -0.15) is 5.10 Å². The lowest BCUT2D eigenvalue weighted by Crippen LogP contribution is -2.51.